The van der Waals surface area contributed by atoms with Gasteiger partial charge in [-0.1, -0.05) is 40.0 Å². The summed E-state index contributed by atoms with van der Waals surface area (Å²) in [6.07, 6.45) is 5.16. The van der Waals surface area contributed by atoms with Crippen LogP contribution in [0.1, 0.15) is 59.8 Å². The number of hydrogen-bond acceptors (Lipinski definition) is 2. The fourth-order valence-corrected chi connectivity index (χ4v) is 1.70. The molecular weight excluding hydrogens is 200 g/mol. The largest absolute Gasteiger partial charge is 0.352 e. The average molecular weight is 228 g/mol. The summed E-state index contributed by atoms with van der Waals surface area (Å²) in [5.41, 5.74) is 5.74. The lowest BCUT2D eigenvalue weighted by Gasteiger charge is -2.17. The lowest BCUT2D eigenvalue weighted by Crippen LogP contribution is -2.44. The van der Waals surface area contributed by atoms with Crippen molar-refractivity contribution in [2.75, 3.05) is 0 Å². The maximum absolute atomic E-state index is 11.6. The molecule has 0 fully saturated rings. The third-order valence-corrected chi connectivity index (χ3v) is 2.74. The Labute approximate surface area is 100 Å². The molecule has 0 aromatic carbocycles. The summed E-state index contributed by atoms with van der Waals surface area (Å²) in [4.78, 5) is 11.6. The highest BCUT2D eigenvalue weighted by atomic mass is 16.2. The Kier molecular flexibility index (Phi) is 8.26. The van der Waals surface area contributed by atoms with Crippen molar-refractivity contribution in [3.05, 3.63) is 0 Å². The fourth-order valence-electron chi connectivity index (χ4n) is 1.70. The van der Waals surface area contributed by atoms with Gasteiger partial charge in [-0.25, -0.2) is 0 Å². The zero-order chi connectivity index (χ0) is 12.6. The smallest absolute Gasteiger partial charge is 0.237 e. The zero-order valence-electron chi connectivity index (χ0n) is 11.3. The second-order valence-electron chi connectivity index (χ2n) is 5.13. The van der Waals surface area contributed by atoms with Crippen LogP contribution in [0.4, 0.5) is 0 Å². The molecule has 96 valence electrons. The van der Waals surface area contributed by atoms with Crippen LogP contribution >= 0.6 is 0 Å². The van der Waals surface area contributed by atoms with E-state index in [2.05, 4.69) is 26.1 Å². The first-order valence-corrected chi connectivity index (χ1v) is 6.53. The number of hydrogen-bond donors (Lipinski definition) is 2. The Hall–Kier alpha value is -0.570. The number of nitrogens with two attached hydrogens (primary N) is 1. The van der Waals surface area contributed by atoms with E-state index in [-0.39, 0.29) is 18.0 Å². The highest BCUT2D eigenvalue weighted by molar-refractivity contribution is 5.81. The maximum Gasteiger partial charge on any atom is 0.237 e. The Morgan fingerprint density at radius 1 is 1.19 bits per heavy atom. The molecule has 0 aliphatic carbocycles. The van der Waals surface area contributed by atoms with Crippen LogP contribution in [-0.4, -0.2) is 18.0 Å². The monoisotopic (exact) mass is 228 g/mol. The third-order valence-electron chi connectivity index (χ3n) is 2.74. The topological polar surface area (TPSA) is 55.1 Å². The van der Waals surface area contributed by atoms with E-state index in [1.54, 1.807) is 0 Å². The second kappa shape index (κ2) is 8.57. The van der Waals surface area contributed by atoms with E-state index >= 15 is 0 Å². The van der Waals surface area contributed by atoms with Gasteiger partial charge in [0.2, 0.25) is 5.91 Å². The van der Waals surface area contributed by atoms with Crippen molar-refractivity contribution in [1.82, 2.24) is 5.32 Å². The zero-order valence-corrected chi connectivity index (χ0v) is 11.3. The molecule has 1 unspecified atom stereocenters. The van der Waals surface area contributed by atoms with Gasteiger partial charge in [-0.3, -0.25) is 4.79 Å². The molecule has 3 heteroatoms. The summed E-state index contributed by atoms with van der Waals surface area (Å²) >= 11 is 0. The number of carbonyl (C=O) groups is 1. The predicted molar refractivity (Wildman–Crippen MR) is 69.2 cm³/mol. The van der Waals surface area contributed by atoms with Crippen LogP contribution in [0.15, 0.2) is 0 Å². The van der Waals surface area contributed by atoms with Crippen molar-refractivity contribution >= 4 is 5.91 Å². The number of amides is 1. The van der Waals surface area contributed by atoms with Crippen LogP contribution in [0.5, 0.6) is 0 Å². The highest BCUT2D eigenvalue weighted by Crippen LogP contribution is 2.08. The van der Waals surface area contributed by atoms with Gasteiger partial charge >= 0.3 is 0 Å². The average Bonchev–Trinajstić information content (AvgIpc) is 2.17. The number of nitrogens with one attached hydrogen (secondary N) is 1. The first-order valence-electron chi connectivity index (χ1n) is 6.53. The highest BCUT2D eigenvalue weighted by Gasteiger charge is 2.14. The summed E-state index contributed by atoms with van der Waals surface area (Å²) in [7, 11) is 0. The maximum atomic E-state index is 11.6. The van der Waals surface area contributed by atoms with E-state index in [4.69, 9.17) is 5.73 Å². The molecule has 0 radical (unpaired) electrons. The van der Waals surface area contributed by atoms with Gasteiger partial charge < -0.3 is 11.1 Å². The Bertz CT molecular complexity index is 192. The van der Waals surface area contributed by atoms with Crippen molar-refractivity contribution in [3.8, 4) is 0 Å². The van der Waals surface area contributed by atoms with Gasteiger partial charge in [0.15, 0.2) is 0 Å². The minimum absolute atomic E-state index is 0.00102. The molecule has 0 aliphatic rings. The molecule has 0 saturated heterocycles. The van der Waals surface area contributed by atoms with Crippen LogP contribution in [0, 0.1) is 5.92 Å². The molecule has 0 bridgehead atoms. The summed E-state index contributed by atoms with van der Waals surface area (Å²) < 4.78 is 0. The minimum Gasteiger partial charge on any atom is -0.352 e. The predicted octanol–water partition coefficient (Wildman–Crippen LogP) is 2.44. The van der Waals surface area contributed by atoms with Crippen LogP contribution in [0.25, 0.3) is 0 Å². The van der Waals surface area contributed by atoms with Crippen molar-refractivity contribution in [3.63, 3.8) is 0 Å². The molecule has 1 amide bonds. The number of rotatable bonds is 8. The van der Waals surface area contributed by atoms with Crippen molar-refractivity contribution in [2.45, 2.75) is 71.9 Å². The van der Waals surface area contributed by atoms with E-state index in [9.17, 15) is 4.79 Å². The van der Waals surface area contributed by atoms with Gasteiger partial charge in [0, 0.05) is 6.04 Å². The van der Waals surface area contributed by atoms with Gasteiger partial charge in [-0.2, -0.15) is 0 Å². The van der Waals surface area contributed by atoms with Crippen LogP contribution < -0.4 is 11.1 Å². The lowest BCUT2D eigenvalue weighted by molar-refractivity contribution is -0.123. The van der Waals surface area contributed by atoms with Crippen LogP contribution in [0.2, 0.25) is 0 Å². The van der Waals surface area contributed by atoms with Crippen LogP contribution in [-0.2, 0) is 4.79 Å². The molecule has 0 rings (SSSR count). The van der Waals surface area contributed by atoms with Crippen molar-refractivity contribution in [1.29, 1.82) is 0 Å². The van der Waals surface area contributed by atoms with Crippen molar-refractivity contribution < 1.29 is 4.79 Å². The first-order chi connectivity index (χ1) is 7.47. The van der Waals surface area contributed by atoms with Gasteiger partial charge in [-0.05, 0) is 25.7 Å². The molecule has 0 spiro atoms. The van der Waals surface area contributed by atoms with E-state index in [1.807, 2.05) is 6.92 Å². The standard InChI is InChI=1S/C13H28N2O/c1-5-7-12(14)13(16)15-11(4)9-6-8-10(2)3/h10-12H,5-9,14H2,1-4H3,(H,15,16)/t11?,12-/m1/s1. The Morgan fingerprint density at radius 2 is 1.81 bits per heavy atom. The fraction of sp³-hybridized carbons (Fsp3) is 0.923. The summed E-state index contributed by atoms with van der Waals surface area (Å²) in [6, 6.07) is -0.0910. The van der Waals surface area contributed by atoms with E-state index in [0.29, 0.717) is 0 Å². The molecule has 3 N–H and O–H groups in total. The van der Waals surface area contributed by atoms with E-state index in [1.165, 1.54) is 12.8 Å². The van der Waals surface area contributed by atoms with Crippen molar-refractivity contribution in [2.24, 2.45) is 11.7 Å². The minimum atomic E-state index is -0.336. The molecule has 0 aromatic rings. The van der Waals surface area contributed by atoms with Crippen LogP contribution in [0.3, 0.4) is 0 Å². The quantitative estimate of drug-likeness (QED) is 0.670. The van der Waals surface area contributed by atoms with E-state index in [0.717, 1.165) is 25.2 Å². The van der Waals surface area contributed by atoms with E-state index < -0.39 is 0 Å². The summed E-state index contributed by atoms with van der Waals surface area (Å²) in [6.45, 7) is 8.54. The van der Waals surface area contributed by atoms with Gasteiger partial charge in [0.25, 0.3) is 0 Å². The first kappa shape index (κ1) is 15.4. The molecule has 3 nitrogen and oxygen atoms in total. The van der Waals surface area contributed by atoms with Gasteiger partial charge in [0.1, 0.15) is 0 Å². The molecule has 0 heterocycles. The van der Waals surface area contributed by atoms with Gasteiger partial charge in [0.05, 0.1) is 6.04 Å². The molecule has 0 aromatic heterocycles. The molecule has 2 atom stereocenters. The Morgan fingerprint density at radius 3 is 2.31 bits per heavy atom. The normalized spacial score (nSPS) is 14.9. The molecule has 0 aliphatic heterocycles. The Balaban J connectivity index is 3.69. The second-order valence-corrected chi connectivity index (χ2v) is 5.13. The lowest BCUT2D eigenvalue weighted by atomic mass is 10.0. The number of carbonyl (C=O) groups excluding carboxylic acids is 1. The SMILES string of the molecule is CCC[C@@H](N)C(=O)NC(C)CCCC(C)C. The van der Waals surface area contributed by atoms with Gasteiger partial charge in [-0.15, -0.1) is 0 Å². The molecular formula is C13H28N2O. The molecule has 16 heavy (non-hydrogen) atoms. The summed E-state index contributed by atoms with van der Waals surface area (Å²) in [5, 5.41) is 2.97. The molecule has 0 saturated carbocycles. The third kappa shape index (κ3) is 7.69. The summed E-state index contributed by atoms with van der Waals surface area (Å²) in [5.74, 6) is 0.740.